The number of ether oxygens (including phenoxy) is 1. The van der Waals surface area contributed by atoms with Crippen LogP contribution >= 0.6 is 23.2 Å². The van der Waals surface area contributed by atoms with E-state index in [2.05, 4.69) is 0 Å². The van der Waals surface area contributed by atoms with Crippen LogP contribution in [0.3, 0.4) is 0 Å². The highest BCUT2D eigenvalue weighted by atomic mass is 35.5. The van der Waals surface area contributed by atoms with Crippen molar-refractivity contribution >= 4 is 34.7 Å². The number of carbonyl (C=O) groups is 1. The Hall–Kier alpha value is -1.97. The van der Waals surface area contributed by atoms with Gasteiger partial charge in [-0.15, -0.1) is 0 Å². The van der Waals surface area contributed by atoms with Gasteiger partial charge >= 0.3 is 0 Å². The van der Waals surface area contributed by atoms with Crippen LogP contribution < -0.4 is 9.84 Å². The Morgan fingerprint density at radius 1 is 1.14 bits per heavy atom. The molecule has 0 unspecified atom stereocenters. The van der Waals surface area contributed by atoms with E-state index in [1.165, 1.54) is 0 Å². The van der Waals surface area contributed by atoms with E-state index in [0.29, 0.717) is 32.5 Å². The molecule has 108 valence electrons. The number of carboxylic acids is 1. The number of hydrogen-bond acceptors (Lipinski definition) is 3. The predicted octanol–water partition coefficient (Wildman–Crippen LogP) is 3.18. The van der Waals surface area contributed by atoms with E-state index >= 15 is 0 Å². The summed E-state index contributed by atoms with van der Waals surface area (Å²) >= 11 is 12.1. The lowest BCUT2D eigenvalue weighted by Crippen LogP contribution is -2.19. The van der Waals surface area contributed by atoms with Crippen molar-refractivity contribution in [3.8, 4) is 5.75 Å². The van der Waals surface area contributed by atoms with Crippen LogP contribution in [0.2, 0.25) is 10.0 Å². The van der Waals surface area contributed by atoms with Crippen molar-refractivity contribution in [2.75, 3.05) is 7.11 Å². The third-order valence-electron chi connectivity index (χ3n) is 2.88. The second-order valence-corrected chi connectivity index (χ2v) is 5.07. The fourth-order valence-corrected chi connectivity index (χ4v) is 2.30. The molecule has 0 N–H and O–H groups in total. The van der Waals surface area contributed by atoms with Crippen molar-refractivity contribution in [3.63, 3.8) is 0 Å². The van der Waals surface area contributed by atoms with E-state index in [-0.39, 0.29) is 0 Å². The van der Waals surface area contributed by atoms with Crippen LogP contribution in [0.5, 0.6) is 5.75 Å². The molecule has 0 aliphatic carbocycles. The van der Waals surface area contributed by atoms with Gasteiger partial charge in [0.1, 0.15) is 5.75 Å². The summed E-state index contributed by atoms with van der Waals surface area (Å²) in [5, 5.41) is 11.9. The molecular formula is C16H11Cl2O3-. The zero-order valence-electron chi connectivity index (χ0n) is 11.1. The fourth-order valence-electron chi connectivity index (χ4n) is 1.91. The smallest absolute Gasteiger partial charge is 0.118 e. The predicted molar refractivity (Wildman–Crippen MR) is 81.5 cm³/mol. The maximum atomic E-state index is 11.0. The van der Waals surface area contributed by atoms with Crippen LogP contribution in [-0.2, 0) is 4.79 Å². The van der Waals surface area contributed by atoms with Gasteiger partial charge in [-0.3, -0.25) is 0 Å². The number of aliphatic carboxylic acids is 1. The average molecular weight is 322 g/mol. The van der Waals surface area contributed by atoms with E-state index in [1.54, 1.807) is 49.6 Å². The van der Waals surface area contributed by atoms with Crippen LogP contribution in [0.1, 0.15) is 11.1 Å². The van der Waals surface area contributed by atoms with Crippen LogP contribution in [0.25, 0.3) is 5.57 Å². The molecule has 0 saturated heterocycles. The largest absolute Gasteiger partial charge is 0.545 e. The van der Waals surface area contributed by atoms with Gasteiger partial charge in [0.15, 0.2) is 0 Å². The number of methoxy groups -OCH3 is 1. The summed E-state index contributed by atoms with van der Waals surface area (Å²) in [5.41, 5.74) is 1.62. The Balaban J connectivity index is 2.58. The Labute approximate surface area is 132 Å². The molecule has 0 aliphatic rings. The van der Waals surface area contributed by atoms with Gasteiger partial charge < -0.3 is 14.6 Å². The topological polar surface area (TPSA) is 49.4 Å². The van der Waals surface area contributed by atoms with Gasteiger partial charge in [-0.25, -0.2) is 0 Å². The fraction of sp³-hybridized carbons (Fsp3) is 0.0625. The molecule has 0 atom stereocenters. The molecule has 3 nitrogen and oxygen atoms in total. The molecule has 0 saturated carbocycles. The molecule has 5 heteroatoms. The number of halogens is 2. The van der Waals surface area contributed by atoms with Gasteiger partial charge in [0.25, 0.3) is 0 Å². The van der Waals surface area contributed by atoms with Crippen LogP contribution in [0.15, 0.2) is 48.5 Å². The van der Waals surface area contributed by atoms with Crippen molar-refractivity contribution in [1.29, 1.82) is 0 Å². The number of rotatable bonds is 4. The summed E-state index contributed by atoms with van der Waals surface area (Å²) in [6.45, 7) is 0. The van der Waals surface area contributed by atoms with Gasteiger partial charge in [-0.1, -0.05) is 35.3 Å². The van der Waals surface area contributed by atoms with Gasteiger partial charge in [-0.05, 0) is 47.5 Å². The summed E-state index contributed by atoms with van der Waals surface area (Å²) in [6, 6.07) is 11.8. The molecule has 21 heavy (non-hydrogen) atoms. The monoisotopic (exact) mass is 321 g/mol. The van der Waals surface area contributed by atoms with E-state index in [4.69, 9.17) is 27.9 Å². The summed E-state index contributed by atoms with van der Waals surface area (Å²) in [6.07, 6.45) is 0.999. The van der Waals surface area contributed by atoms with Crippen LogP contribution in [-0.4, -0.2) is 13.1 Å². The Morgan fingerprint density at radius 2 is 1.81 bits per heavy atom. The molecule has 2 aromatic carbocycles. The van der Waals surface area contributed by atoms with Gasteiger partial charge in [0.2, 0.25) is 0 Å². The molecular weight excluding hydrogens is 311 g/mol. The minimum absolute atomic E-state index is 0.405. The molecule has 2 rings (SSSR count). The highest BCUT2D eigenvalue weighted by Crippen LogP contribution is 2.32. The first-order valence-electron chi connectivity index (χ1n) is 6.04. The van der Waals surface area contributed by atoms with E-state index in [9.17, 15) is 9.90 Å². The second-order valence-electron chi connectivity index (χ2n) is 4.23. The standard InChI is InChI=1S/C16H12Cl2O3/c1-21-12-5-2-10(3-6-12)13(9-16(19)20)14-8-11(17)4-7-15(14)18/h2-9H,1H3,(H,19,20)/p-1/b13-9-. The highest BCUT2D eigenvalue weighted by Gasteiger charge is 2.10. The summed E-state index contributed by atoms with van der Waals surface area (Å²) in [7, 11) is 1.56. The lowest BCUT2D eigenvalue weighted by Gasteiger charge is -2.12. The van der Waals surface area contributed by atoms with Crippen LogP contribution in [0, 0.1) is 0 Å². The quantitative estimate of drug-likeness (QED) is 0.812. The van der Waals surface area contributed by atoms with Gasteiger partial charge in [0, 0.05) is 15.6 Å². The molecule has 0 spiro atoms. The van der Waals surface area contributed by atoms with E-state index in [0.717, 1.165) is 6.08 Å². The first-order chi connectivity index (χ1) is 10.0. The normalized spacial score (nSPS) is 11.3. The SMILES string of the molecule is COc1ccc(/C(=C/C(=O)[O-])c2cc(Cl)ccc2Cl)cc1. The number of carbonyl (C=O) groups excluding carboxylic acids is 1. The molecule has 0 radical (unpaired) electrons. The minimum atomic E-state index is -1.31. The molecule has 2 aromatic rings. The first-order valence-corrected chi connectivity index (χ1v) is 6.79. The molecule has 0 bridgehead atoms. The number of carboxylic acid groups (broad SMARTS) is 1. The van der Waals surface area contributed by atoms with Crippen LogP contribution in [0.4, 0.5) is 0 Å². The maximum absolute atomic E-state index is 11.0. The number of benzene rings is 2. The van der Waals surface area contributed by atoms with Crippen molar-refractivity contribution in [3.05, 3.63) is 69.7 Å². The summed E-state index contributed by atoms with van der Waals surface area (Å²) in [4.78, 5) is 11.0. The molecule has 0 amide bonds. The third kappa shape index (κ3) is 3.78. The van der Waals surface area contributed by atoms with E-state index in [1.807, 2.05) is 0 Å². The first kappa shape index (κ1) is 15.4. The maximum Gasteiger partial charge on any atom is 0.118 e. The zero-order valence-corrected chi connectivity index (χ0v) is 12.6. The lowest BCUT2D eigenvalue weighted by atomic mass is 9.97. The van der Waals surface area contributed by atoms with Crippen molar-refractivity contribution < 1.29 is 14.6 Å². The van der Waals surface area contributed by atoms with E-state index < -0.39 is 5.97 Å². The molecule has 0 heterocycles. The second kappa shape index (κ2) is 6.66. The Kier molecular flexibility index (Phi) is 4.89. The zero-order chi connectivity index (χ0) is 15.4. The van der Waals surface area contributed by atoms with Gasteiger partial charge in [-0.2, -0.15) is 0 Å². The third-order valence-corrected chi connectivity index (χ3v) is 3.45. The Morgan fingerprint density at radius 3 is 2.38 bits per heavy atom. The van der Waals surface area contributed by atoms with Gasteiger partial charge in [0.05, 0.1) is 13.1 Å². The molecule has 0 aliphatic heterocycles. The lowest BCUT2D eigenvalue weighted by molar-refractivity contribution is -0.297. The molecule has 0 aromatic heterocycles. The highest BCUT2D eigenvalue weighted by molar-refractivity contribution is 6.34. The number of hydrogen-bond donors (Lipinski definition) is 0. The van der Waals surface area contributed by atoms with Crippen molar-refractivity contribution in [1.82, 2.24) is 0 Å². The molecule has 0 fully saturated rings. The van der Waals surface area contributed by atoms with Crippen molar-refractivity contribution in [2.45, 2.75) is 0 Å². The summed E-state index contributed by atoms with van der Waals surface area (Å²) < 4.78 is 5.08. The summed E-state index contributed by atoms with van der Waals surface area (Å²) in [5.74, 6) is -0.638. The Bertz CT molecular complexity index is 691. The minimum Gasteiger partial charge on any atom is -0.545 e. The van der Waals surface area contributed by atoms with Crippen molar-refractivity contribution in [2.24, 2.45) is 0 Å². The average Bonchev–Trinajstić information content (AvgIpc) is 2.47.